The lowest BCUT2D eigenvalue weighted by molar-refractivity contribution is 0.0717. The molecule has 0 radical (unpaired) electrons. The van der Waals surface area contributed by atoms with Gasteiger partial charge in [-0.05, 0) is 69.8 Å². The summed E-state index contributed by atoms with van der Waals surface area (Å²) in [5, 5.41) is 12.9. The van der Waals surface area contributed by atoms with E-state index in [9.17, 15) is 9.90 Å². The van der Waals surface area contributed by atoms with E-state index in [1.54, 1.807) is 12.1 Å². The normalized spacial score (nSPS) is 26.6. The average molecular weight is 360 g/mol. The minimum Gasteiger partial charge on any atom is -0.494 e. The Hall–Kier alpha value is -1.59. The van der Waals surface area contributed by atoms with Gasteiger partial charge in [0.15, 0.2) is 0 Å². The number of rotatable bonds is 7. The molecule has 5 nitrogen and oxygen atoms in total. The van der Waals surface area contributed by atoms with E-state index >= 15 is 0 Å². The molecule has 5 heteroatoms. The number of aliphatic hydroxyl groups excluding tert-OH is 1. The van der Waals surface area contributed by atoms with Crippen LogP contribution >= 0.6 is 0 Å². The van der Waals surface area contributed by atoms with Gasteiger partial charge in [0.1, 0.15) is 5.75 Å². The highest BCUT2D eigenvalue weighted by atomic mass is 16.5. The molecule has 1 aromatic rings. The van der Waals surface area contributed by atoms with Gasteiger partial charge in [0.25, 0.3) is 5.91 Å². The number of carbonyl (C=O) groups is 1. The molecule has 0 spiro atoms. The Balaban J connectivity index is 1.40. The lowest BCUT2D eigenvalue weighted by atomic mass is 9.92. The van der Waals surface area contributed by atoms with Crippen LogP contribution in [-0.4, -0.2) is 53.8 Å². The highest BCUT2D eigenvalue weighted by molar-refractivity contribution is 5.94. The minimum absolute atomic E-state index is 0.120. The molecule has 1 amide bonds. The Bertz CT molecular complexity index is 575. The molecule has 2 aliphatic rings. The van der Waals surface area contributed by atoms with Crippen molar-refractivity contribution in [1.29, 1.82) is 0 Å². The Morgan fingerprint density at radius 1 is 1.19 bits per heavy atom. The molecule has 2 N–H and O–H groups in total. The molecule has 3 atom stereocenters. The zero-order valence-corrected chi connectivity index (χ0v) is 15.8. The van der Waals surface area contributed by atoms with Crippen LogP contribution in [-0.2, 0) is 0 Å². The van der Waals surface area contributed by atoms with Gasteiger partial charge >= 0.3 is 0 Å². The molecule has 1 aromatic carbocycles. The molecule has 1 aliphatic carbocycles. The molecule has 0 aromatic heterocycles. The molecular formula is C21H32N2O3. The second kappa shape index (κ2) is 9.38. The standard InChI is InChI=1S/C21H32N2O3/c1-16-6-4-13-23(16)14-5-15-26-18-11-9-17(10-12-18)21(25)22-19-7-2-3-8-20(19)24/h9-12,16,19-20,24H,2-8,13-15H2,1H3,(H,22,25)/t16-,19-,20?/m1/s1. The highest BCUT2D eigenvalue weighted by Crippen LogP contribution is 2.20. The molecule has 144 valence electrons. The first-order valence-electron chi connectivity index (χ1n) is 10.1. The molecule has 1 saturated carbocycles. The number of nitrogens with zero attached hydrogens (tertiary/aromatic N) is 1. The Morgan fingerprint density at radius 2 is 1.96 bits per heavy atom. The maximum absolute atomic E-state index is 12.3. The number of nitrogens with one attached hydrogen (secondary N) is 1. The van der Waals surface area contributed by atoms with E-state index in [-0.39, 0.29) is 11.9 Å². The summed E-state index contributed by atoms with van der Waals surface area (Å²) in [6.45, 7) is 5.29. The predicted molar refractivity (Wildman–Crippen MR) is 103 cm³/mol. The van der Waals surface area contributed by atoms with Gasteiger partial charge in [-0.2, -0.15) is 0 Å². The average Bonchev–Trinajstić information content (AvgIpc) is 3.06. The number of benzene rings is 1. The van der Waals surface area contributed by atoms with Crippen molar-refractivity contribution in [3.8, 4) is 5.75 Å². The van der Waals surface area contributed by atoms with Crippen LogP contribution < -0.4 is 10.1 Å². The predicted octanol–water partition coefficient (Wildman–Crippen LogP) is 2.97. The topological polar surface area (TPSA) is 61.8 Å². The van der Waals surface area contributed by atoms with Gasteiger partial charge in [-0.1, -0.05) is 12.8 Å². The smallest absolute Gasteiger partial charge is 0.251 e. The fraction of sp³-hybridized carbons (Fsp3) is 0.667. The van der Waals surface area contributed by atoms with Crippen molar-refractivity contribution in [3.63, 3.8) is 0 Å². The minimum atomic E-state index is -0.423. The molecule has 0 bridgehead atoms. The quantitative estimate of drug-likeness (QED) is 0.734. The van der Waals surface area contributed by atoms with Crippen molar-refractivity contribution < 1.29 is 14.6 Å². The Labute approximate surface area is 156 Å². The molecule has 3 rings (SSSR count). The monoisotopic (exact) mass is 360 g/mol. The van der Waals surface area contributed by atoms with Crippen LogP contribution in [0.3, 0.4) is 0 Å². The third-order valence-electron chi connectivity index (χ3n) is 5.71. The second-order valence-electron chi connectivity index (χ2n) is 7.69. The van der Waals surface area contributed by atoms with Crippen LogP contribution in [0, 0.1) is 0 Å². The number of hydrogen-bond donors (Lipinski definition) is 2. The largest absolute Gasteiger partial charge is 0.494 e. The van der Waals surface area contributed by atoms with E-state index in [0.29, 0.717) is 18.2 Å². The first-order valence-corrected chi connectivity index (χ1v) is 10.1. The third-order valence-corrected chi connectivity index (χ3v) is 5.71. The summed E-state index contributed by atoms with van der Waals surface area (Å²) >= 11 is 0. The number of likely N-dealkylation sites (tertiary alicyclic amines) is 1. The van der Waals surface area contributed by atoms with Crippen LogP contribution in [0.2, 0.25) is 0 Å². The molecule has 1 saturated heterocycles. The molecule has 1 heterocycles. The number of ether oxygens (including phenoxy) is 1. The summed E-state index contributed by atoms with van der Waals surface area (Å²) in [6, 6.07) is 7.87. The summed E-state index contributed by atoms with van der Waals surface area (Å²) in [6.07, 6.45) is 6.94. The van der Waals surface area contributed by atoms with Gasteiger partial charge in [-0.3, -0.25) is 4.79 Å². The SMILES string of the molecule is C[C@@H]1CCCN1CCCOc1ccc(C(=O)N[C@@H]2CCCCC2O)cc1. The molecule has 1 aliphatic heterocycles. The van der Waals surface area contributed by atoms with Gasteiger partial charge in [0.05, 0.1) is 18.8 Å². The van der Waals surface area contributed by atoms with E-state index in [4.69, 9.17) is 4.74 Å². The Kier molecular flexibility index (Phi) is 6.92. The van der Waals surface area contributed by atoms with Crippen molar-refractivity contribution >= 4 is 5.91 Å². The molecule has 1 unspecified atom stereocenters. The molecule has 26 heavy (non-hydrogen) atoms. The van der Waals surface area contributed by atoms with Crippen LogP contribution in [0.5, 0.6) is 5.75 Å². The fourth-order valence-corrected chi connectivity index (χ4v) is 4.02. The lowest BCUT2D eigenvalue weighted by Crippen LogP contribution is -2.45. The van der Waals surface area contributed by atoms with E-state index in [2.05, 4.69) is 17.1 Å². The van der Waals surface area contributed by atoms with Crippen molar-refractivity contribution in [1.82, 2.24) is 10.2 Å². The van der Waals surface area contributed by atoms with Crippen molar-refractivity contribution in [2.24, 2.45) is 0 Å². The molecular weight excluding hydrogens is 328 g/mol. The van der Waals surface area contributed by atoms with Gasteiger partial charge in [0.2, 0.25) is 0 Å². The van der Waals surface area contributed by atoms with Crippen LogP contribution in [0.15, 0.2) is 24.3 Å². The first kappa shape index (κ1) is 19.2. The van der Waals surface area contributed by atoms with Crippen molar-refractivity contribution in [2.75, 3.05) is 19.7 Å². The van der Waals surface area contributed by atoms with Gasteiger partial charge in [0, 0.05) is 18.2 Å². The van der Waals surface area contributed by atoms with Crippen molar-refractivity contribution in [2.45, 2.75) is 70.1 Å². The van der Waals surface area contributed by atoms with E-state index in [1.807, 2.05) is 12.1 Å². The summed E-state index contributed by atoms with van der Waals surface area (Å²) in [5.74, 6) is 0.680. The maximum Gasteiger partial charge on any atom is 0.251 e. The molecule has 2 fully saturated rings. The van der Waals surface area contributed by atoms with E-state index in [1.165, 1.54) is 19.4 Å². The summed E-state index contributed by atoms with van der Waals surface area (Å²) in [7, 11) is 0. The first-order chi connectivity index (χ1) is 12.6. The number of aliphatic hydroxyl groups is 1. The zero-order valence-electron chi connectivity index (χ0n) is 15.8. The van der Waals surface area contributed by atoms with Gasteiger partial charge < -0.3 is 20.1 Å². The lowest BCUT2D eigenvalue weighted by Gasteiger charge is -2.28. The number of hydrogen-bond acceptors (Lipinski definition) is 4. The Morgan fingerprint density at radius 3 is 2.65 bits per heavy atom. The number of amides is 1. The van der Waals surface area contributed by atoms with Crippen LogP contribution in [0.4, 0.5) is 0 Å². The van der Waals surface area contributed by atoms with E-state index in [0.717, 1.165) is 44.4 Å². The van der Waals surface area contributed by atoms with Crippen LogP contribution in [0.1, 0.15) is 62.2 Å². The van der Waals surface area contributed by atoms with E-state index < -0.39 is 6.10 Å². The summed E-state index contributed by atoms with van der Waals surface area (Å²) in [4.78, 5) is 14.9. The second-order valence-corrected chi connectivity index (χ2v) is 7.69. The highest BCUT2D eigenvalue weighted by Gasteiger charge is 2.24. The summed E-state index contributed by atoms with van der Waals surface area (Å²) < 4.78 is 5.80. The summed E-state index contributed by atoms with van der Waals surface area (Å²) in [5.41, 5.74) is 0.612. The van der Waals surface area contributed by atoms with Gasteiger partial charge in [-0.15, -0.1) is 0 Å². The van der Waals surface area contributed by atoms with Gasteiger partial charge in [-0.25, -0.2) is 0 Å². The maximum atomic E-state index is 12.3. The third kappa shape index (κ3) is 5.21. The number of carbonyl (C=O) groups excluding carboxylic acids is 1. The van der Waals surface area contributed by atoms with Crippen LogP contribution in [0.25, 0.3) is 0 Å². The zero-order chi connectivity index (χ0) is 18.4. The fourth-order valence-electron chi connectivity index (χ4n) is 4.02. The van der Waals surface area contributed by atoms with Crippen molar-refractivity contribution in [3.05, 3.63) is 29.8 Å².